The van der Waals surface area contributed by atoms with E-state index in [9.17, 15) is 9.90 Å². The molecule has 1 aromatic carbocycles. The Morgan fingerprint density at radius 3 is 2.76 bits per heavy atom. The van der Waals surface area contributed by atoms with Gasteiger partial charge in [0, 0.05) is 16.1 Å². The first-order valence-electron chi connectivity index (χ1n) is 8.60. The third kappa shape index (κ3) is 4.70. The normalized spacial score (nSPS) is 15.9. The van der Waals surface area contributed by atoms with Gasteiger partial charge in [0.15, 0.2) is 5.69 Å². The van der Waals surface area contributed by atoms with Crippen LogP contribution < -0.4 is 5.32 Å². The fourth-order valence-electron chi connectivity index (χ4n) is 2.89. The van der Waals surface area contributed by atoms with Crippen molar-refractivity contribution in [3.63, 3.8) is 0 Å². The monoisotopic (exact) mass is 405 g/mol. The van der Waals surface area contributed by atoms with Crippen LogP contribution in [0.25, 0.3) is 11.3 Å². The smallest absolute Gasteiger partial charge is 0.272 e. The molecule has 25 heavy (non-hydrogen) atoms. The maximum atomic E-state index is 12.6. The van der Waals surface area contributed by atoms with E-state index in [2.05, 4.69) is 26.3 Å². The van der Waals surface area contributed by atoms with Gasteiger partial charge in [-0.15, -0.1) is 0 Å². The van der Waals surface area contributed by atoms with Gasteiger partial charge in [-0.2, -0.15) is 5.10 Å². The van der Waals surface area contributed by atoms with Gasteiger partial charge in [0.1, 0.15) is 0 Å². The van der Waals surface area contributed by atoms with Crippen LogP contribution in [0.4, 0.5) is 0 Å². The highest BCUT2D eigenvalue weighted by molar-refractivity contribution is 9.10. The minimum absolute atomic E-state index is 0.162. The van der Waals surface area contributed by atoms with Crippen molar-refractivity contribution in [2.75, 3.05) is 0 Å². The highest BCUT2D eigenvalue weighted by Crippen LogP contribution is 2.32. The Morgan fingerprint density at radius 2 is 2.16 bits per heavy atom. The minimum atomic E-state index is -0.929. The van der Waals surface area contributed by atoms with E-state index in [1.54, 1.807) is 24.6 Å². The lowest BCUT2D eigenvalue weighted by Crippen LogP contribution is -2.34. The Balaban J connectivity index is 1.92. The summed E-state index contributed by atoms with van der Waals surface area (Å²) >= 11 is 3.48. The van der Waals surface area contributed by atoms with Gasteiger partial charge in [-0.25, -0.2) is 0 Å². The number of nitrogens with zero attached hydrogens (tertiary/aromatic N) is 2. The van der Waals surface area contributed by atoms with Crippen LogP contribution in [-0.2, 0) is 6.54 Å². The summed E-state index contributed by atoms with van der Waals surface area (Å²) in [5.41, 5.74) is 1.21. The van der Waals surface area contributed by atoms with Gasteiger partial charge < -0.3 is 10.4 Å². The molecule has 1 aliphatic rings. The topological polar surface area (TPSA) is 67.2 Å². The predicted octanol–water partition coefficient (Wildman–Crippen LogP) is 3.61. The minimum Gasteiger partial charge on any atom is -0.389 e. The quantitative estimate of drug-likeness (QED) is 0.770. The molecule has 1 aromatic heterocycles. The van der Waals surface area contributed by atoms with Crippen LogP contribution in [0.2, 0.25) is 0 Å². The zero-order valence-corrected chi connectivity index (χ0v) is 16.4. The molecule has 0 unspecified atom stereocenters. The Morgan fingerprint density at radius 1 is 1.44 bits per heavy atom. The Hall–Kier alpha value is -1.66. The fraction of sp³-hybridized carbons (Fsp3) is 0.474. The lowest BCUT2D eigenvalue weighted by Gasteiger charge is -2.19. The van der Waals surface area contributed by atoms with Crippen molar-refractivity contribution in [1.29, 1.82) is 0 Å². The fourth-order valence-corrected chi connectivity index (χ4v) is 3.29. The molecule has 1 heterocycles. The third-order valence-corrected chi connectivity index (χ3v) is 4.85. The second-order valence-corrected chi connectivity index (χ2v) is 8.41. The van der Waals surface area contributed by atoms with Crippen LogP contribution in [0.15, 0.2) is 34.8 Å². The summed E-state index contributed by atoms with van der Waals surface area (Å²) in [6, 6.07) is 9.80. The number of aliphatic hydroxyl groups is 1. The highest BCUT2D eigenvalue weighted by atomic mass is 79.9. The van der Waals surface area contributed by atoms with E-state index in [-0.39, 0.29) is 11.9 Å². The number of aromatic nitrogens is 2. The first kappa shape index (κ1) is 18.1. The van der Waals surface area contributed by atoms with Crippen LogP contribution in [-0.4, -0.2) is 32.4 Å². The third-order valence-electron chi connectivity index (χ3n) is 4.36. The molecule has 134 valence electrons. The van der Waals surface area contributed by atoms with Gasteiger partial charge in [-0.3, -0.25) is 9.48 Å². The summed E-state index contributed by atoms with van der Waals surface area (Å²) in [4.78, 5) is 12.6. The van der Waals surface area contributed by atoms with E-state index in [1.165, 1.54) is 12.8 Å². The molecule has 0 bridgehead atoms. The maximum absolute atomic E-state index is 12.6. The Labute approximate surface area is 156 Å². The van der Waals surface area contributed by atoms with E-state index in [0.29, 0.717) is 18.2 Å². The van der Waals surface area contributed by atoms with Gasteiger partial charge in [-0.05, 0) is 57.7 Å². The van der Waals surface area contributed by atoms with Crippen LogP contribution in [0, 0.1) is 5.92 Å². The number of carbonyl (C=O) groups is 1. The number of carbonyl (C=O) groups excluding carboxylic acids is 1. The van der Waals surface area contributed by atoms with E-state index >= 15 is 0 Å². The van der Waals surface area contributed by atoms with Crippen LogP contribution >= 0.6 is 15.9 Å². The van der Waals surface area contributed by atoms with Gasteiger partial charge in [0.05, 0.1) is 17.8 Å². The maximum Gasteiger partial charge on any atom is 0.272 e. The van der Waals surface area contributed by atoms with Gasteiger partial charge in [-0.1, -0.05) is 28.1 Å². The summed E-state index contributed by atoms with van der Waals surface area (Å²) in [6.45, 7) is 5.81. The number of rotatable bonds is 6. The summed E-state index contributed by atoms with van der Waals surface area (Å²) in [5, 5.41) is 17.7. The molecule has 6 heteroatoms. The standard InChI is InChI=1S/C19H24BrN3O2/c1-12(13-7-8-13)21-18(24)16-10-17(14-5-4-6-15(20)9-14)23(22-16)11-19(2,3)25/h4-6,9-10,12-13,25H,7-8,11H2,1-3H3,(H,21,24)/t12-/m0/s1. The number of benzene rings is 1. The molecule has 1 atom stereocenters. The summed E-state index contributed by atoms with van der Waals surface area (Å²) in [6.07, 6.45) is 2.36. The van der Waals surface area contributed by atoms with Gasteiger partial charge >= 0.3 is 0 Å². The van der Waals surface area contributed by atoms with Crippen molar-refractivity contribution in [3.05, 3.63) is 40.5 Å². The van der Waals surface area contributed by atoms with Crippen LogP contribution in [0.5, 0.6) is 0 Å². The number of hydrogen-bond donors (Lipinski definition) is 2. The number of hydrogen-bond acceptors (Lipinski definition) is 3. The van der Waals surface area contributed by atoms with E-state index < -0.39 is 5.60 Å². The summed E-state index contributed by atoms with van der Waals surface area (Å²) in [5.74, 6) is 0.428. The second-order valence-electron chi connectivity index (χ2n) is 7.49. The van der Waals surface area contributed by atoms with Crippen molar-refractivity contribution in [1.82, 2.24) is 15.1 Å². The molecule has 5 nitrogen and oxygen atoms in total. The molecule has 2 N–H and O–H groups in total. The molecular formula is C19H24BrN3O2. The zero-order valence-electron chi connectivity index (χ0n) is 14.8. The number of nitrogens with one attached hydrogen (secondary N) is 1. The molecule has 0 saturated heterocycles. The van der Waals surface area contributed by atoms with Gasteiger partial charge in [0.2, 0.25) is 0 Å². The lowest BCUT2D eigenvalue weighted by molar-refractivity contribution is 0.0579. The molecule has 3 rings (SSSR count). The van der Waals surface area contributed by atoms with Crippen molar-refractivity contribution in [2.24, 2.45) is 5.92 Å². The van der Waals surface area contributed by atoms with Crippen molar-refractivity contribution in [2.45, 2.75) is 51.8 Å². The second kappa shape index (κ2) is 6.92. The first-order valence-corrected chi connectivity index (χ1v) is 9.39. The number of halogens is 1. The molecule has 0 radical (unpaired) electrons. The summed E-state index contributed by atoms with van der Waals surface area (Å²) in [7, 11) is 0. The van der Waals surface area contributed by atoms with Crippen molar-refractivity contribution < 1.29 is 9.90 Å². The Bertz CT molecular complexity index is 775. The average Bonchev–Trinajstić information content (AvgIpc) is 3.27. The lowest BCUT2D eigenvalue weighted by atomic mass is 10.1. The van der Waals surface area contributed by atoms with E-state index in [1.807, 2.05) is 31.2 Å². The molecular weight excluding hydrogens is 382 g/mol. The SMILES string of the molecule is C[C@H](NC(=O)c1cc(-c2cccc(Br)c2)n(CC(C)(C)O)n1)C1CC1. The van der Waals surface area contributed by atoms with Crippen molar-refractivity contribution >= 4 is 21.8 Å². The van der Waals surface area contributed by atoms with Crippen LogP contribution in [0.1, 0.15) is 44.1 Å². The average molecular weight is 406 g/mol. The highest BCUT2D eigenvalue weighted by Gasteiger charge is 2.30. The zero-order chi connectivity index (χ0) is 18.2. The molecule has 0 spiro atoms. The molecule has 2 aromatic rings. The molecule has 1 saturated carbocycles. The van der Waals surface area contributed by atoms with Gasteiger partial charge in [0.25, 0.3) is 5.91 Å². The largest absolute Gasteiger partial charge is 0.389 e. The number of amides is 1. The molecule has 1 fully saturated rings. The first-order chi connectivity index (χ1) is 11.7. The summed E-state index contributed by atoms with van der Waals surface area (Å²) < 4.78 is 2.66. The molecule has 0 aliphatic heterocycles. The van der Waals surface area contributed by atoms with E-state index in [4.69, 9.17) is 0 Å². The Kier molecular flexibility index (Phi) is 5.02. The predicted molar refractivity (Wildman–Crippen MR) is 101 cm³/mol. The van der Waals surface area contributed by atoms with Crippen molar-refractivity contribution in [3.8, 4) is 11.3 Å². The van der Waals surface area contributed by atoms with Crippen LogP contribution in [0.3, 0.4) is 0 Å². The molecule has 1 aliphatic carbocycles. The van der Waals surface area contributed by atoms with E-state index in [0.717, 1.165) is 15.7 Å². The molecule has 1 amide bonds.